The van der Waals surface area contributed by atoms with E-state index in [0.717, 1.165) is 93.2 Å². The van der Waals surface area contributed by atoms with E-state index in [0.29, 0.717) is 69.7 Å². The number of hydrogen-bond acceptors (Lipinski definition) is 12. The minimum atomic E-state index is 0.407. The molecule has 0 radical (unpaired) electrons. The highest BCUT2D eigenvalue weighted by molar-refractivity contribution is 6.35. The van der Waals surface area contributed by atoms with Crippen molar-refractivity contribution < 1.29 is 18.9 Å². The summed E-state index contributed by atoms with van der Waals surface area (Å²) >= 11 is 0. The zero-order valence-electron chi connectivity index (χ0n) is 62.0. The minimum Gasteiger partial charge on any atom is -0.457 e. The lowest BCUT2D eigenvalue weighted by atomic mass is 10.0. The van der Waals surface area contributed by atoms with Gasteiger partial charge in [0, 0.05) is 44.5 Å². The quantitative estimate of drug-likeness (QED) is 0.0353. The standard InChI is InChI=1S/C92H104N8O4/c1-5-9-13-17-21-25-29-33-65-37-45-69(46-38-65)101-73-53-57-77-81(61-73)89-94-85(77)93-86-78-58-54-75(103-71-49-41-67(42-50-71)35-31-27-23-19-15-11-7-3)63-83(78)91(95-86)100-92-84-64-76(104-72-51-43-68(44-52-72)36-32-28-24-20-16-12-8-4)56-60-80(84)88(99-92)98-90-82-62-74(55-59-79(82)87(96-89)97-90)102-70-47-39-66(40-48-70)34-30-26-22-18-14-10-6-2/h37-64H,5-36H2,1-4H3. The Balaban J connectivity index is 0.845. The van der Waals surface area contributed by atoms with Crippen molar-refractivity contribution in [3.8, 4) is 46.0 Å². The largest absolute Gasteiger partial charge is 0.457 e. The van der Waals surface area contributed by atoms with E-state index in [1.54, 1.807) is 0 Å². The molecule has 0 spiro atoms. The van der Waals surface area contributed by atoms with E-state index < -0.39 is 0 Å². The summed E-state index contributed by atoms with van der Waals surface area (Å²) in [4.78, 5) is 42.8. The zero-order chi connectivity index (χ0) is 71.1. The van der Waals surface area contributed by atoms with Crippen LogP contribution in [0.5, 0.6) is 46.0 Å². The molecule has 8 aromatic rings. The number of amidine groups is 8. The maximum Gasteiger partial charge on any atom is 0.164 e. The number of rotatable bonds is 40. The Labute approximate surface area is 617 Å². The Morgan fingerprint density at radius 3 is 0.529 bits per heavy atom. The van der Waals surface area contributed by atoms with Gasteiger partial charge >= 0.3 is 0 Å². The van der Waals surface area contributed by atoms with E-state index >= 15 is 0 Å². The third-order valence-corrected chi connectivity index (χ3v) is 20.5. The maximum absolute atomic E-state index is 6.68. The average molecular weight is 1390 g/mol. The molecule has 0 atom stereocenters. The predicted octanol–water partition coefficient (Wildman–Crippen LogP) is 25.2. The third kappa shape index (κ3) is 19.6. The van der Waals surface area contributed by atoms with Gasteiger partial charge in [-0.1, -0.05) is 230 Å². The highest BCUT2D eigenvalue weighted by Gasteiger charge is 2.33. The number of nitrogens with zero attached hydrogens (tertiary/aromatic N) is 8. The molecule has 536 valence electrons. The highest BCUT2D eigenvalue weighted by Crippen LogP contribution is 2.38. The molecule has 0 aromatic heterocycles. The fourth-order valence-corrected chi connectivity index (χ4v) is 14.4. The van der Waals surface area contributed by atoms with Crippen molar-refractivity contribution in [1.82, 2.24) is 0 Å². The van der Waals surface area contributed by atoms with Crippen molar-refractivity contribution in [3.63, 3.8) is 0 Å². The van der Waals surface area contributed by atoms with E-state index in [4.69, 9.17) is 58.9 Å². The summed E-state index contributed by atoms with van der Waals surface area (Å²) < 4.78 is 26.7. The summed E-state index contributed by atoms with van der Waals surface area (Å²) in [5, 5.41) is 0. The first-order chi connectivity index (χ1) is 51.3. The van der Waals surface area contributed by atoms with E-state index in [2.05, 4.69) is 125 Å². The highest BCUT2D eigenvalue weighted by atomic mass is 16.5. The first-order valence-corrected chi connectivity index (χ1v) is 39.7. The molecule has 8 aromatic carbocycles. The van der Waals surface area contributed by atoms with Crippen LogP contribution in [0.15, 0.2) is 210 Å². The second-order valence-electron chi connectivity index (χ2n) is 28.8. The van der Waals surface area contributed by atoms with Crippen LogP contribution in [0.4, 0.5) is 0 Å². The monoisotopic (exact) mass is 1380 g/mol. The zero-order valence-corrected chi connectivity index (χ0v) is 62.0. The number of aliphatic imine (C=N–C) groups is 8. The lowest BCUT2D eigenvalue weighted by molar-refractivity contribution is 0.482. The van der Waals surface area contributed by atoms with Gasteiger partial charge in [-0.3, -0.25) is 0 Å². The molecule has 0 amide bonds. The molecular formula is C92H104N8O4. The van der Waals surface area contributed by atoms with Crippen molar-refractivity contribution in [2.24, 2.45) is 39.9 Å². The number of ether oxygens (including phenoxy) is 4. The van der Waals surface area contributed by atoms with Gasteiger partial charge in [-0.05, 0) is 195 Å². The average Bonchev–Trinajstić information content (AvgIpc) is 1.60. The van der Waals surface area contributed by atoms with Gasteiger partial charge in [-0.25, -0.2) is 39.9 Å². The van der Waals surface area contributed by atoms with Gasteiger partial charge in [0.1, 0.15) is 46.0 Å². The lowest BCUT2D eigenvalue weighted by Crippen LogP contribution is -2.03. The normalized spacial score (nSPS) is 13.7. The molecule has 0 saturated heterocycles. The van der Waals surface area contributed by atoms with Crippen LogP contribution in [0, 0.1) is 0 Å². The van der Waals surface area contributed by atoms with Crippen LogP contribution < -0.4 is 18.9 Å². The van der Waals surface area contributed by atoms with Gasteiger partial charge < -0.3 is 18.9 Å². The summed E-state index contributed by atoms with van der Waals surface area (Å²) in [6.45, 7) is 9.08. The molecule has 13 rings (SSSR count). The molecule has 0 aliphatic carbocycles. The van der Waals surface area contributed by atoms with Crippen LogP contribution in [0.1, 0.15) is 274 Å². The van der Waals surface area contributed by atoms with Gasteiger partial charge in [0.25, 0.3) is 0 Å². The van der Waals surface area contributed by atoms with Crippen molar-refractivity contribution in [2.75, 3.05) is 0 Å². The Morgan fingerprint density at radius 2 is 0.337 bits per heavy atom. The second kappa shape index (κ2) is 37.2. The van der Waals surface area contributed by atoms with Crippen LogP contribution in [-0.2, 0) is 25.7 Å². The van der Waals surface area contributed by atoms with E-state index in [1.807, 2.05) is 72.8 Å². The molecule has 8 bridgehead atoms. The first kappa shape index (κ1) is 72.7. The topological polar surface area (TPSA) is 136 Å². The Kier molecular flexibility index (Phi) is 26.0. The maximum atomic E-state index is 6.68. The lowest BCUT2D eigenvalue weighted by Gasteiger charge is -2.10. The fraction of sp³-hybridized carbons (Fsp3) is 0.391. The molecule has 5 aliphatic heterocycles. The molecule has 104 heavy (non-hydrogen) atoms. The van der Waals surface area contributed by atoms with Crippen molar-refractivity contribution in [1.29, 1.82) is 0 Å². The van der Waals surface area contributed by atoms with E-state index in [-0.39, 0.29) is 0 Å². The predicted molar refractivity (Wildman–Crippen MR) is 431 cm³/mol. The van der Waals surface area contributed by atoms with Crippen LogP contribution in [0.25, 0.3) is 0 Å². The van der Waals surface area contributed by atoms with Crippen molar-refractivity contribution >= 4 is 46.7 Å². The molecular weight excluding hydrogens is 1280 g/mol. The number of fused-ring (bicyclic) bond motifs is 16. The molecule has 0 saturated carbocycles. The molecule has 5 aliphatic rings. The Morgan fingerprint density at radius 1 is 0.173 bits per heavy atom. The summed E-state index contributed by atoms with van der Waals surface area (Å²) in [6, 6.07) is 57.9. The number of benzene rings is 8. The summed E-state index contributed by atoms with van der Waals surface area (Å²) in [5.74, 6) is 8.90. The molecule has 0 N–H and O–H groups in total. The smallest absolute Gasteiger partial charge is 0.164 e. The minimum absolute atomic E-state index is 0.407. The van der Waals surface area contributed by atoms with Gasteiger partial charge in [0.05, 0.1) is 0 Å². The Bertz CT molecular complexity index is 4480. The second-order valence-corrected chi connectivity index (χ2v) is 28.8. The van der Waals surface area contributed by atoms with Gasteiger partial charge in [-0.15, -0.1) is 0 Å². The van der Waals surface area contributed by atoms with Crippen LogP contribution in [-0.4, -0.2) is 46.7 Å². The number of aryl methyl sites for hydroxylation is 4. The first-order valence-electron chi connectivity index (χ1n) is 39.7. The van der Waals surface area contributed by atoms with Gasteiger partial charge in [-0.2, -0.15) is 0 Å². The SMILES string of the molecule is CCCCCCCCCc1ccc(Oc2ccc3c(c2)C2=NC3=NC3=NC(=NC4=NC(=NC5=NC(=N2)c2ccc(Oc6ccc(CCCCCCCCC)cc6)cc25)c2ccc(Oc5ccc(CCCCCCCCC)cc5)cc24)c2cc(Oc4ccc(CCCCCCCCC)cc4)ccc23)cc1. The van der Waals surface area contributed by atoms with Crippen LogP contribution in [0.3, 0.4) is 0 Å². The van der Waals surface area contributed by atoms with Gasteiger partial charge in [0.15, 0.2) is 46.7 Å². The summed E-state index contributed by atoms with van der Waals surface area (Å²) in [5.41, 5.74) is 11.2. The van der Waals surface area contributed by atoms with E-state index in [9.17, 15) is 0 Å². The molecule has 5 heterocycles. The van der Waals surface area contributed by atoms with Gasteiger partial charge in [0.2, 0.25) is 0 Å². The summed E-state index contributed by atoms with van der Waals surface area (Å²) in [6.07, 6.45) is 40.1. The molecule has 0 unspecified atom stereocenters. The van der Waals surface area contributed by atoms with Crippen molar-refractivity contribution in [2.45, 2.75) is 233 Å². The summed E-state index contributed by atoms with van der Waals surface area (Å²) in [7, 11) is 0. The molecule has 12 nitrogen and oxygen atoms in total. The molecule has 12 heteroatoms. The van der Waals surface area contributed by atoms with E-state index in [1.165, 1.54) is 202 Å². The fourth-order valence-electron chi connectivity index (χ4n) is 14.4. The van der Waals surface area contributed by atoms with Crippen LogP contribution >= 0.6 is 0 Å². The third-order valence-electron chi connectivity index (χ3n) is 20.5. The molecule has 0 fully saturated rings. The number of hydrogen-bond donors (Lipinski definition) is 0. The number of unbranched alkanes of at least 4 members (excludes halogenated alkanes) is 24. The van der Waals surface area contributed by atoms with Crippen molar-refractivity contribution in [3.05, 3.63) is 237 Å². The Hall–Kier alpha value is -9.68. The van der Waals surface area contributed by atoms with Crippen LogP contribution in [0.2, 0.25) is 0 Å².